The lowest BCUT2D eigenvalue weighted by Crippen LogP contribution is -2.63. The average Bonchev–Trinajstić information content (AvgIpc) is 3.22. The quantitative estimate of drug-likeness (QED) is 0.0572. The van der Waals surface area contributed by atoms with Gasteiger partial charge in [0.2, 0.25) is 0 Å². The Bertz CT molecular complexity index is 2630. The van der Waals surface area contributed by atoms with Gasteiger partial charge in [-0.05, 0) is 114 Å². The van der Waals surface area contributed by atoms with Gasteiger partial charge >= 0.3 is 56.7 Å². The summed E-state index contributed by atoms with van der Waals surface area (Å²) in [6.45, 7) is 4.26. The van der Waals surface area contributed by atoms with Crippen molar-refractivity contribution in [3.63, 3.8) is 0 Å². The molecule has 5 aromatic carbocycles. The molecule has 0 unspecified atom stereocenters. The molecular weight excluding hydrogens is 1160 g/mol. The molecule has 0 bridgehead atoms. The molecule has 0 spiro atoms. The molecule has 5 rings (SSSR count). The fourth-order valence-corrected chi connectivity index (χ4v) is 8.61. The zero-order valence-electron chi connectivity index (χ0n) is 33.8. The van der Waals surface area contributed by atoms with Crippen molar-refractivity contribution in [3.05, 3.63) is 136 Å². The summed E-state index contributed by atoms with van der Waals surface area (Å²) in [5.41, 5.74) is 4.98. The standard InChI is InChI=1S/C32H26IOS.2C4HF9O3S/c1-23-7-17-28(18-8-23)35(29-19-9-24(2)10-20-29)30-21-15-27(16-22-30)34-26-13-11-25(12-14-26)31-5-3-4-6-32(31)33;2*5-1(6,3(9,10)11)2(7,8)4(12,13)17(14,15)16/h3-22H,1-2H3;2*(H,14,15,16)/q+1;;/p-1. The third-order valence-corrected chi connectivity index (χ3v) is 13.7. The van der Waals surface area contributed by atoms with Gasteiger partial charge in [0.1, 0.15) is 11.5 Å². The number of ether oxygens (including phenoxy) is 1. The summed E-state index contributed by atoms with van der Waals surface area (Å²) >= 11 is 2.38. The molecule has 1 N–H and O–H groups in total. The molecule has 0 saturated carbocycles. The van der Waals surface area contributed by atoms with Gasteiger partial charge in [-0.1, -0.05) is 65.7 Å². The molecule has 0 aromatic heterocycles. The van der Waals surface area contributed by atoms with E-state index in [1.807, 2.05) is 12.1 Å². The van der Waals surface area contributed by atoms with E-state index in [2.05, 4.69) is 146 Å². The van der Waals surface area contributed by atoms with Gasteiger partial charge in [-0.2, -0.15) is 87.4 Å². The van der Waals surface area contributed by atoms with Crippen molar-refractivity contribution in [2.45, 2.75) is 75.1 Å². The van der Waals surface area contributed by atoms with Crippen molar-refractivity contribution in [2.75, 3.05) is 0 Å². The van der Waals surface area contributed by atoms with Crippen molar-refractivity contribution >= 4 is 53.7 Å². The number of aryl methyl sites for hydroxylation is 2. The maximum Gasteiger partial charge on any atom is 0.460 e. The van der Waals surface area contributed by atoms with Gasteiger partial charge < -0.3 is 9.29 Å². The molecule has 0 saturated heterocycles. The van der Waals surface area contributed by atoms with Gasteiger partial charge in [-0.15, -0.1) is 0 Å². The Hall–Kier alpha value is -4.46. The number of hydrogen-bond donors (Lipinski definition) is 1. The largest absolute Gasteiger partial charge is 0.743 e. The van der Waals surface area contributed by atoms with Crippen molar-refractivity contribution in [1.82, 2.24) is 0 Å². The van der Waals surface area contributed by atoms with Crippen LogP contribution < -0.4 is 4.74 Å². The summed E-state index contributed by atoms with van der Waals surface area (Å²) in [5.74, 6) is -27.9. The highest BCUT2D eigenvalue weighted by atomic mass is 127. The Balaban J connectivity index is 0.000000313. The third-order valence-electron chi connectivity index (χ3n) is 8.72. The summed E-state index contributed by atoms with van der Waals surface area (Å²) in [6, 6.07) is 43.0. The Morgan fingerprint density at radius 3 is 1.12 bits per heavy atom. The van der Waals surface area contributed by atoms with E-state index in [-0.39, 0.29) is 10.9 Å². The third kappa shape index (κ3) is 12.5. The molecule has 5 aromatic rings. The van der Waals surface area contributed by atoms with Gasteiger partial charge in [0, 0.05) is 3.57 Å². The predicted octanol–water partition coefficient (Wildman–Crippen LogP) is 13.7. The van der Waals surface area contributed by atoms with Crippen LogP contribution in [0.25, 0.3) is 11.1 Å². The monoisotopic (exact) mass is 1180 g/mol. The molecule has 0 fully saturated rings. The lowest BCUT2D eigenvalue weighted by atomic mass is 10.1. The molecule has 0 amide bonds. The van der Waals surface area contributed by atoms with Gasteiger partial charge in [0.15, 0.2) is 24.8 Å². The highest BCUT2D eigenvalue weighted by Gasteiger charge is 2.86. The molecule has 0 heterocycles. The Morgan fingerprint density at radius 2 is 0.797 bits per heavy atom. The first kappa shape index (κ1) is 58.9. The van der Waals surface area contributed by atoms with Crippen molar-refractivity contribution < 1.29 is 110 Å². The summed E-state index contributed by atoms with van der Waals surface area (Å²) in [7, 11) is -14.8. The Kier molecular flexibility index (Phi) is 17.7. The minimum Gasteiger partial charge on any atom is -0.743 e. The molecule has 0 aliphatic heterocycles. The fourth-order valence-electron chi connectivity index (χ4n) is 4.98. The van der Waals surface area contributed by atoms with Crippen LogP contribution in [0.15, 0.2) is 136 Å². The molecule has 29 heteroatoms. The van der Waals surface area contributed by atoms with Crippen molar-refractivity contribution in [2.24, 2.45) is 0 Å². The van der Waals surface area contributed by atoms with E-state index in [0.717, 1.165) is 11.5 Å². The van der Waals surface area contributed by atoms with Gasteiger partial charge in [0.05, 0.1) is 10.9 Å². The molecule has 69 heavy (non-hydrogen) atoms. The van der Waals surface area contributed by atoms with Crippen LogP contribution >= 0.6 is 22.6 Å². The lowest BCUT2D eigenvalue weighted by molar-refractivity contribution is -0.382. The Labute approximate surface area is 395 Å². The number of rotatable bonds is 12. The molecule has 7 nitrogen and oxygen atoms in total. The highest BCUT2D eigenvalue weighted by molar-refractivity contribution is 14.1. The van der Waals surface area contributed by atoms with Crippen LogP contribution in [0.4, 0.5) is 79.0 Å². The molecule has 0 aliphatic carbocycles. The first-order valence-electron chi connectivity index (χ1n) is 17.9. The molecular formula is C40H27F18IO7S3. The minimum atomic E-state index is -7.43. The van der Waals surface area contributed by atoms with Crippen LogP contribution in [0.3, 0.4) is 0 Å². The molecule has 0 radical (unpaired) electrons. The van der Waals surface area contributed by atoms with E-state index in [1.165, 1.54) is 40.5 Å². The van der Waals surface area contributed by atoms with Crippen molar-refractivity contribution in [3.8, 4) is 22.6 Å². The number of alkyl halides is 18. The first-order valence-corrected chi connectivity index (χ1v) is 23.1. The van der Waals surface area contributed by atoms with E-state index >= 15 is 0 Å². The van der Waals surface area contributed by atoms with E-state index in [0.29, 0.717) is 0 Å². The summed E-state index contributed by atoms with van der Waals surface area (Å²) in [4.78, 5) is 3.91. The van der Waals surface area contributed by atoms with Gasteiger partial charge in [0.25, 0.3) is 0 Å². The van der Waals surface area contributed by atoms with Gasteiger partial charge in [-0.3, -0.25) is 4.55 Å². The number of halogens is 19. The van der Waals surface area contributed by atoms with Crippen LogP contribution in [-0.2, 0) is 31.1 Å². The summed E-state index contributed by atoms with van der Waals surface area (Å²) in [5, 5.41) is -14.1. The second kappa shape index (κ2) is 20.7. The average molecular weight is 1180 g/mol. The van der Waals surface area contributed by atoms with E-state index in [9.17, 15) is 100 Å². The molecule has 0 aliphatic rings. The summed E-state index contributed by atoms with van der Waals surface area (Å²) < 4.78 is 277. The second-order valence-electron chi connectivity index (χ2n) is 13.8. The topological polar surface area (TPSA) is 121 Å². The SMILES string of the molecule is Cc1ccc([S+](c2ccc(C)cc2)c2ccc(Oc3ccc(-c4ccccc4I)cc3)cc2)cc1.O=S(=O)(O)C(F)(F)C(F)(F)C(F)(F)C(F)(F)F.O=S(=O)([O-])C(F)(F)C(F)(F)C(F)(F)C(F)(F)F. The van der Waals surface area contributed by atoms with E-state index in [4.69, 9.17) is 9.29 Å². The first-order chi connectivity index (χ1) is 31.1. The second-order valence-corrected chi connectivity index (χ2v) is 19.8. The van der Waals surface area contributed by atoms with Crippen LogP contribution in [0.5, 0.6) is 11.5 Å². The van der Waals surface area contributed by atoms with E-state index < -0.39 is 66.8 Å². The lowest BCUT2D eigenvalue weighted by Gasteiger charge is -2.34. The predicted molar refractivity (Wildman–Crippen MR) is 219 cm³/mol. The van der Waals surface area contributed by atoms with Crippen molar-refractivity contribution in [1.29, 1.82) is 0 Å². The smallest absolute Gasteiger partial charge is 0.460 e. The minimum absolute atomic E-state index is 0.169. The number of benzene rings is 5. The zero-order valence-corrected chi connectivity index (χ0v) is 38.5. The van der Waals surface area contributed by atoms with Crippen LogP contribution in [0.1, 0.15) is 11.1 Å². The Morgan fingerprint density at radius 1 is 0.478 bits per heavy atom. The molecule has 0 atom stereocenters. The fraction of sp³-hybridized carbons (Fsp3) is 0.250. The number of hydrogen-bond acceptors (Lipinski definition) is 6. The van der Waals surface area contributed by atoms with Crippen LogP contribution in [0, 0.1) is 17.4 Å². The maximum absolute atomic E-state index is 12.2. The zero-order chi connectivity index (χ0) is 53.2. The molecule has 380 valence electrons. The van der Waals surface area contributed by atoms with E-state index in [1.54, 1.807) is 0 Å². The summed E-state index contributed by atoms with van der Waals surface area (Å²) in [6.07, 6.45) is -14.3. The highest BCUT2D eigenvalue weighted by Crippen LogP contribution is 2.55. The normalized spacial score (nSPS) is 13.5. The van der Waals surface area contributed by atoms with Crippen LogP contribution in [-0.4, -0.2) is 72.5 Å². The maximum atomic E-state index is 12.2. The van der Waals surface area contributed by atoms with Crippen LogP contribution in [0.2, 0.25) is 0 Å². The van der Waals surface area contributed by atoms with Gasteiger partial charge in [-0.25, -0.2) is 8.42 Å².